The molecule has 8 heteroatoms. The van der Waals surface area contributed by atoms with Crippen molar-refractivity contribution in [2.75, 3.05) is 20.2 Å². The quantitative estimate of drug-likeness (QED) is 0.614. The molecule has 3 N–H and O–H groups in total. The maximum Gasteiger partial charge on any atom is 0.338 e. The van der Waals surface area contributed by atoms with Gasteiger partial charge in [-0.25, -0.2) is 9.59 Å². The SMILES string of the molecule is CCOC(=O)C1=C(C[NH+](C)Cc2cccc(Cl)c2)NC(=O)N[C@H]1c1ccco1. The fourth-order valence-electron chi connectivity index (χ4n) is 3.24. The molecule has 0 radical (unpaired) electrons. The van der Waals surface area contributed by atoms with Crippen LogP contribution < -0.4 is 15.5 Å². The number of ether oxygens (including phenoxy) is 1. The van der Waals surface area contributed by atoms with Crippen LogP contribution in [0.3, 0.4) is 0 Å². The van der Waals surface area contributed by atoms with Crippen LogP contribution in [-0.4, -0.2) is 32.2 Å². The zero-order valence-corrected chi connectivity index (χ0v) is 16.5. The lowest BCUT2D eigenvalue weighted by Crippen LogP contribution is -3.08. The van der Waals surface area contributed by atoms with E-state index in [9.17, 15) is 9.59 Å². The van der Waals surface area contributed by atoms with Gasteiger partial charge < -0.3 is 24.7 Å². The number of carbonyl (C=O) groups is 2. The van der Waals surface area contributed by atoms with Crippen LogP contribution in [-0.2, 0) is 16.1 Å². The molecule has 1 aliphatic rings. The highest BCUT2D eigenvalue weighted by molar-refractivity contribution is 6.30. The van der Waals surface area contributed by atoms with Gasteiger partial charge in [0.05, 0.1) is 31.2 Å². The van der Waals surface area contributed by atoms with E-state index in [-0.39, 0.29) is 12.6 Å². The molecule has 2 heterocycles. The number of urea groups is 1. The standard InChI is InChI=1S/C20H22ClN3O4/c1-3-27-19(25)17-15(12-24(2)11-13-6-4-7-14(21)10-13)22-20(26)23-18(17)16-8-5-9-28-16/h4-10,18H,3,11-12H2,1-2H3,(H2,22,23,26)/p+1/t18-/m0/s1. The van der Waals surface area contributed by atoms with Crippen molar-refractivity contribution in [2.45, 2.75) is 19.5 Å². The predicted molar refractivity (Wildman–Crippen MR) is 104 cm³/mol. The Balaban J connectivity index is 1.89. The first-order chi connectivity index (χ1) is 13.5. The van der Waals surface area contributed by atoms with Crippen LogP contribution in [0.15, 0.2) is 58.3 Å². The summed E-state index contributed by atoms with van der Waals surface area (Å²) in [5.74, 6) is -0.00940. The molecule has 1 aromatic heterocycles. The van der Waals surface area contributed by atoms with E-state index in [1.54, 1.807) is 19.1 Å². The molecule has 1 aliphatic heterocycles. The monoisotopic (exact) mass is 404 g/mol. The van der Waals surface area contributed by atoms with Gasteiger partial charge in [-0.2, -0.15) is 0 Å². The highest BCUT2D eigenvalue weighted by atomic mass is 35.5. The van der Waals surface area contributed by atoms with Crippen LogP contribution in [0.1, 0.15) is 24.3 Å². The van der Waals surface area contributed by atoms with E-state index < -0.39 is 12.0 Å². The van der Waals surface area contributed by atoms with Crippen molar-refractivity contribution in [2.24, 2.45) is 0 Å². The first-order valence-corrected chi connectivity index (χ1v) is 9.42. The Morgan fingerprint density at radius 1 is 1.29 bits per heavy atom. The number of hydrogen-bond acceptors (Lipinski definition) is 4. The predicted octanol–water partition coefficient (Wildman–Crippen LogP) is 1.82. The molecule has 2 atom stereocenters. The van der Waals surface area contributed by atoms with Gasteiger partial charge in [-0.15, -0.1) is 0 Å². The fourth-order valence-corrected chi connectivity index (χ4v) is 3.45. The average molecular weight is 405 g/mol. The Labute approximate surface area is 168 Å². The summed E-state index contributed by atoms with van der Waals surface area (Å²) in [5, 5.41) is 6.18. The van der Waals surface area contributed by atoms with E-state index in [2.05, 4.69) is 10.6 Å². The Bertz CT molecular complexity index is 879. The molecule has 0 spiro atoms. The summed E-state index contributed by atoms with van der Waals surface area (Å²) in [6, 6.07) is 9.95. The lowest BCUT2D eigenvalue weighted by molar-refractivity contribution is -0.889. The normalized spacial score (nSPS) is 17.7. The van der Waals surface area contributed by atoms with E-state index in [0.29, 0.717) is 35.1 Å². The molecule has 0 aliphatic carbocycles. The van der Waals surface area contributed by atoms with Gasteiger partial charge in [0, 0.05) is 10.6 Å². The second-order valence-corrected chi connectivity index (χ2v) is 7.04. The molecule has 1 unspecified atom stereocenters. The van der Waals surface area contributed by atoms with Crippen molar-refractivity contribution >= 4 is 23.6 Å². The molecule has 28 heavy (non-hydrogen) atoms. The third kappa shape index (κ3) is 4.74. The van der Waals surface area contributed by atoms with Crippen molar-refractivity contribution < 1.29 is 23.6 Å². The number of nitrogens with one attached hydrogen (secondary N) is 3. The van der Waals surface area contributed by atoms with Gasteiger partial charge in [0.2, 0.25) is 0 Å². The average Bonchev–Trinajstić information content (AvgIpc) is 3.15. The number of quaternary nitrogens is 1. The third-order valence-corrected chi connectivity index (χ3v) is 4.59. The minimum absolute atomic E-state index is 0.236. The molecule has 2 aromatic rings. The summed E-state index contributed by atoms with van der Waals surface area (Å²) in [6.07, 6.45) is 1.50. The summed E-state index contributed by atoms with van der Waals surface area (Å²) in [6.45, 7) is 3.07. The Morgan fingerprint density at radius 2 is 2.11 bits per heavy atom. The van der Waals surface area contributed by atoms with Crippen molar-refractivity contribution in [1.82, 2.24) is 10.6 Å². The van der Waals surface area contributed by atoms with Crippen LogP contribution in [0.4, 0.5) is 4.79 Å². The van der Waals surface area contributed by atoms with Crippen LogP contribution >= 0.6 is 11.6 Å². The fraction of sp³-hybridized carbons (Fsp3) is 0.300. The van der Waals surface area contributed by atoms with Gasteiger partial charge in [-0.05, 0) is 31.2 Å². The van der Waals surface area contributed by atoms with Gasteiger partial charge in [-0.1, -0.05) is 23.7 Å². The molecule has 0 bridgehead atoms. The number of rotatable bonds is 7. The molecule has 0 saturated carbocycles. The molecule has 7 nitrogen and oxygen atoms in total. The minimum atomic E-state index is -0.697. The highest BCUT2D eigenvalue weighted by Crippen LogP contribution is 2.27. The van der Waals surface area contributed by atoms with Gasteiger partial charge in [0.25, 0.3) is 0 Å². The van der Waals surface area contributed by atoms with Crippen molar-refractivity contribution in [1.29, 1.82) is 0 Å². The summed E-state index contributed by atoms with van der Waals surface area (Å²) in [5.41, 5.74) is 1.93. The molecular weight excluding hydrogens is 382 g/mol. The second kappa shape index (κ2) is 8.95. The molecule has 148 valence electrons. The van der Waals surface area contributed by atoms with Crippen molar-refractivity contribution in [3.05, 3.63) is 70.3 Å². The van der Waals surface area contributed by atoms with Gasteiger partial charge in [0.1, 0.15) is 24.9 Å². The van der Waals surface area contributed by atoms with Crippen molar-refractivity contribution in [3.63, 3.8) is 0 Å². The molecular formula is C20H23ClN3O4+. The molecule has 2 amide bonds. The topological polar surface area (TPSA) is 85.0 Å². The first kappa shape index (κ1) is 20.0. The largest absolute Gasteiger partial charge is 0.467 e. The number of likely N-dealkylation sites (N-methyl/N-ethyl adjacent to an activating group) is 1. The molecule has 0 fully saturated rings. The summed E-state index contributed by atoms with van der Waals surface area (Å²) >= 11 is 6.06. The Hall–Kier alpha value is -2.77. The highest BCUT2D eigenvalue weighted by Gasteiger charge is 2.36. The van der Waals surface area contributed by atoms with E-state index >= 15 is 0 Å². The maximum absolute atomic E-state index is 12.7. The minimum Gasteiger partial charge on any atom is -0.467 e. The van der Waals surface area contributed by atoms with Gasteiger partial charge in [0.15, 0.2) is 0 Å². The number of carbonyl (C=O) groups excluding carboxylic acids is 2. The summed E-state index contributed by atoms with van der Waals surface area (Å²) in [4.78, 5) is 25.9. The van der Waals surface area contributed by atoms with Crippen LogP contribution in [0.25, 0.3) is 0 Å². The van der Waals surface area contributed by atoms with Crippen molar-refractivity contribution in [3.8, 4) is 0 Å². The number of benzene rings is 1. The van der Waals surface area contributed by atoms with E-state index in [0.717, 1.165) is 10.5 Å². The number of esters is 1. The maximum atomic E-state index is 12.7. The van der Waals surface area contributed by atoms with Gasteiger partial charge in [-0.3, -0.25) is 0 Å². The van der Waals surface area contributed by atoms with E-state index in [4.69, 9.17) is 20.8 Å². The number of hydrogen-bond donors (Lipinski definition) is 3. The zero-order valence-electron chi connectivity index (χ0n) is 15.8. The Kier molecular flexibility index (Phi) is 6.38. The summed E-state index contributed by atoms with van der Waals surface area (Å²) in [7, 11) is 1.98. The smallest absolute Gasteiger partial charge is 0.338 e. The molecule has 0 saturated heterocycles. The number of halogens is 1. The lowest BCUT2D eigenvalue weighted by atomic mass is 10.00. The lowest BCUT2D eigenvalue weighted by Gasteiger charge is -2.28. The molecule has 1 aromatic carbocycles. The Morgan fingerprint density at radius 3 is 2.79 bits per heavy atom. The zero-order chi connectivity index (χ0) is 20.1. The van der Waals surface area contributed by atoms with Crippen LogP contribution in [0.2, 0.25) is 5.02 Å². The third-order valence-electron chi connectivity index (χ3n) is 4.35. The number of furan rings is 1. The van der Waals surface area contributed by atoms with Crippen LogP contribution in [0, 0.1) is 0 Å². The van der Waals surface area contributed by atoms with Crippen LogP contribution in [0.5, 0.6) is 0 Å². The van der Waals surface area contributed by atoms with E-state index in [1.807, 2.05) is 31.3 Å². The van der Waals surface area contributed by atoms with E-state index in [1.165, 1.54) is 6.26 Å². The summed E-state index contributed by atoms with van der Waals surface area (Å²) < 4.78 is 10.7. The first-order valence-electron chi connectivity index (χ1n) is 9.04. The number of amides is 2. The molecule has 3 rings (SSSR count). The second-order valence-electron chi connectivity index (χ2n) is 6.60. The van der Waals surface area contributed by atoms with Gasteiger partial charge >= 0.3 is 12.0 Å².